The highest BCUT2D eigenvalue weighted by atomic mass is 19.3. The number of halogens is 2. The Kier molecular flexibility index (Phi) is 6.91. The molecule has 2 rings (SSSR count). The third-order valence-corrected chi connectivity index (χ3v) is 5.00. The summed E-state index contributed by atoms with van der Waals surface area (Å²) in [4.78, 5) is 0. The van der Waals surface area contributed by atoms with Crippen molar-refractivity contribution < 1.29 is 28.8 Å². The summed E-state index contributed by atoms with van der Waals surface area (Å²) in [6.45, 7) is -1.39. The van der Waals surface area contributed by atoms with Gasteiger partial charge >= 0.3 is 6.61 Å². The van der Waals surface area contributed by atoms with Gasteiger partial charge in [0.1, 0.15) is 18.3 Å². The number of alkyl halides is 2. The summed E-state index contributed by atoms with van der Waals surface area (Å²) in [5, 5.41) is 33.3. The van der Waals surface area contributed by atoms with Crippen LogP contribution in [0.1, 0.15) is 39.0 Å². The van der Waals surface area contributed by atoms with Crippen molar-refractivity contribution in [2.75, 3.05) is 6.61 Å². The molecule has 0 saturated heterocycles. The van der Waals surface area contributed by atoms with E-state index in [0.717, 1.165) is 12.8 Å². The van der Waals surface area contributed by atoms with Crippen LogP contribution in [0.3, 0.4) is 0 Å². The van der Waals surface area contributed by atoms with E-state index in [1.54, 1.807) is 0 Å². The summed E-state index contributed by atoms with van der Waals surface area (Å²) < 4.78 is 28.6. The number of aliphatic hydroxyl groups excluding tert-OH is 3. The number of aliphatic hydroxyl groups is 3. The molecule has 1 saturated carbocycles. The Morgan fingerprint density at radius 3 is 2.43 bits per heavy atom. The Balaban J connectivity index is 2.02. The Hall–Kier alpha value is -0.600. The molecule has 1 fully saturated rings. The number of nitrogens with one attached hydrogen (secondary N) is 1. The highest BCUT2D eigenvalue weighted by Crippen LogP contribution is 2.28. The van der Waals surface area contributed by atoms with Crippen LogP contribution < -0.4 is 5.32 Å². The zero-order valence-corrected chi connectivity index (χ0v) is 13.4. The van der Waals surface area contributed by atoms with Crippen LogP contribution in [0, 0.1) is 5.92 Å². The normalized spacial score (nSPS) is 34.5. The van der Waals surface area contributed by atoms with Crippen LogP contribution >= 0.6 is 0 Å². The maximum Gasteiger partial charge on any atom is 0.345 e. The van der Waals surface area contributed by atoms with E-state index in [-0.39, 0.29) is 11.6 Å². The van der Waals surface area contributed by atoms with Crippen LogP contribution in [0.2, 0.25) is 0 Å². The van der Waals surface area contributed by atoms with E-state index in [4.69, 9.17) is 0 Å². The van der Waals surface area contributed by atoms with E-state index in [1.807, 2.05) is 6.92 Å². The number of rotatable bonds is 6. The highest BCUT2D eigenvalue weighted by molar-refractivity contribution is 5.22. The standard InChI is InChI=1S/C16H27F2NO4/c1-9(10-5-3-2-4-6-10)19-12-7-11(8-23-16(17)18)13(20)15(22)14(12)21/h7,9-10,12-16,19-22H,2-6,8H2,1H3/t9-,12+,13-,14-,15-/m0/s1. The van der Waals surface area contributed by atoms with Crippen LogP contribution in [0.5, 0.6) is 0 Å². The summed E-state index contributed by atoms with van der Waals surface area (Å²) in [7, 11) is 0. The second kappa shape index (κ2) is 8.48. The van der Waals surface area contributed by atoms with Crippen molar-refractivity contribution in [3.63, 3.8) is 0 Å². The second-order valence-electron chi connectivity index (χ2n) is 6.62. The predicted molar refractivity (Wildman–Crippen MR) is 81.0 cm³/mol. The van der Waals surface area contributed by atoms with E-state index in [2.05, 4.69) is 10.1 Å². The van der Waals surface area contributed by atoms with Crippen molar-refractivity contribution in [1.82, 2.24) is 5.32 Å². The molecule has 0 radical (unpaired) electrons. The van der Waals surface area contributed by atoms with E-state index in [0.29, 0.717) is 5.92 Å². The lowest BCUT2D eigenvalue weighted by Crippen LogP contribution is -2.56. The summed E-state index contributed by atoms with van der Waals surface area (Å²) >= 11 is 0. The number of ether oxygens (including phenoxy) is 1. The van der Waals surface area contributed by atoms with Gasteiger partial charge in [-0.25, -0.2) is 0 Å². The topological polar surface area (TPSA) is 82.0 Å². The largest absolute Gasteiger partial charge is 0.388 e. The average Bonchev–Trinajstić information content (AvgIpc) is 2.54. The zero-order valence-electron chi connectivity index (χ0n) is 13.4. The SMILES string of the molecule is C[C@H](N[C@@H]1C=C(COC(F)F)[C@H](O)[C@H](O)[C@H]1O)C1CCCCC1. The van der Waals surface area contributed by atoms with Gasteiger partial charge < -0.3 is 25.4 Å². The zero-order chi connectivity index (χ0) is 17.0. The molecule has 0 bridgehead atoms. The summed E-state index contributed by atoms with van der Waals surface area (Å²) in [5.41, 5.74) is 0.163. The Labute approximate surface area is 135 Å². The average molecular weight is 335 g/mol. The smallest absolute Gasteiger partial charge is 0.345 e. The van der Waals surface area contributed by atoms with Crippen molar-refractivity contribution in [2.45, 2.75) is 76.0 Å². The Bertz CT molecular complexity index is 402. The lowest BCUT2D eigenvalue weighted by atomic mass is 9.83. The quantitative estimate of drug-likeness (QED) is 0.548. The molecule has 0 aromatic carbocycles. The highest BCUT2D eigenvalue weighted by Gasteiger charge is 2.38. The first kappa shape index (κ1) is 18.7. The van der Waals surface area contributed by atoms with Gasteiger partial charge in [0.15, 0.2) is 0 Å². The Morgan fingerprint density at radius 2 is 1.83 bits per heavy atom. The van der Waals surface area contributed by atoms with Crippen LogP contribution in [0.4, 0.5) is 8.78 Å². The second-order valence-corrected chi connectivity index (χ2v) is 6.62. The van der Waals surface area contributed by atoms with Gasteiger partial charge in [-0.05, 0) is 31.3 Å². The van der Waals surface area contributed by atoms with Gasteiger partial charge in [-0.2, -0.15) is 8.78 Å². The maximum absolute atomic E-state index is 12.2. The van der Waals surface area contributed by atoms with Crippen LogP contribution in [0.15, 0.2) is 11.6 Å². The molecule has 0 aromatic heterocycles. The predicted octanol–water partition coefficient (Wildman–Crippen LogP) is 1.18. The minimum Gasteiger partial charge on any atom is -0.388 e. The molecular weight excluding hydrogens is 308 g/mol. The molecule has 2 aliphatic rings. The third kappa shape index (κ3) is 4.93. The molecule has 134 valence electrons. The molecule has 7 heteroatoms. The molecular formula is C16H27F2NO4. The van der Waals surface area contributed by atoms with Gasteiger partial charge in [0, 0.05) is 6.04 Å². The van der Waals surface area contributed by atoms with Gasteiger partial charge in [-0.1, -0.05) is 25.3 Å². The lowest BCUT2D eigenvalue weighted by Gasteiger charge is -2.38. The monoisotopic (exact) mass is 335 g/mol. The van der Waals surface area contributed by atoms with Crippen molar-refractivity contribution in [3.8, 4) is 0 Å². The molecule has 0 aromatic rings. The Morgan fingerprint density at radius 1 is 1.17 bits per heavy atom. The molecule has 4 N–H and O–H groups in total. The van der Waals surface area contributed by atoms with Gasteiger partial charge in [-0.15, -0.1) is 0 Å². The fourth-order valence-electron chi connectivity index (χ4n) is 3.56. The molecule has 0 aliphatic heterocycles. The van der Waals surface area contributed by atoms with Gasteiger partial charge in [0.25, 0.3) is 0 Å². The molecule has 2 aliphatic carbocycles. The van der Waals surface area contributed by atoms with Crippen LogP contribution in [0.25, 0.3) is 0 Å². The van der Waals surface area contributed by atoms with Crippen LogP contribution in [-0.4, -0.2) is 58.9 Å². The molecule has 5 nitrogen and oxygen atoms in total. The molecule has 0 amide bonds. The molecule has 0 heterocycles. The van der Waals surface area contributed by atoms with E-state index >= 15 is 0 Å². The van der Waals surface area contributed by atoms with Gasteiger partial charge in [-0.3, -0.25) is 0 Å². The van der Waals surface area contributed by atoms with Crippen LogP contribution in [-0.2, 0) is 4.74 Å². The van der Waals surface area contributed by atoms with Crippen molar-refractivity contribution in [1.29, 1.82) is 0 Å². The van der Waals surface area contributed by atoms with Crippen molar-refractivity contribution >= 4 is 0 Å². The first-order valence-corrected chi connectivity index (χ1v) is 8.30. The van der Waals surface area contributed by atoms with E-state index in [1.165, 1.54) is 25.3 Å². The fourth-order valence-corrected chi connectivity index (χ4v) is 3.56. The van der Waals surface area contributed by atoms with Crippen molar-refractivity contribution in [3.05, 3.63) is 11.6 Å². The molecule has 0 unspecified atom stereocenters. The first-order valence-electron chi connectivity index (χ1n) is 8.30. The summed E-state index contributed by atoms with van der Waals surface area (Å²) in [5.74, 6) is 0.495. The van der Waals surface area contributed by atoms with Gasteiger partial charge in [0.2, 0.25) is 0 Å². The number of hydrogen-bond donors (Lipinski definition) is 4. The molecule has 23 heavy (non-hydrogen) atoms. The first-order chi connectivity index (χ1) is 10.9. The van der Waals surface area contributed by atoms with E-state index in [9.17, 15) is 24.1 Å². The fraction of sp³-hybridized carbons (Fsp3) is 0.875. The van der Waals surface area contributed by atoms with Crippen molar-refractivity contribution in [2.24, 2.45) is 5.92 Å². The lowest BCUT2D eigenvalue weighted by molar-refractivity contribution is -0.129. The summed E-state index contributed by atoms with van der Waals surface area (Å²) in [6, 6.07) is -0.465. The maximum atomic E-state index is 12.2. The number of hydrogen-bond acceptors (Lipinski definition) is 5. The molecule has 0 spiro atoms. The molecule has 5 atom stereocenters. The summed E-state index contributed by atoms with van der Waals surface area (Å²) in [6.07, 6.45) is 3.35. The minimum atomic E-state index is -2.94. The minimum absolute atomic E-state index is 0.130. The van der Waals surface area contributed by atoms with E-state index < -0.39 is 37.6 Å². The third-order valence-electron chi connectivity index (χ3n) is 5.00. The van der Waals surface area contributed by atoms with Gasteiger partial charge in [0.05, 0.1) is 12.6 Å².